The second-order valence-corrected chi connectivity index (χ2v) is 3.93. The molecule has 1 fully saturated rings. The summed E-state index contributed by atoms with van der Waals surface area (Å²) in [6.07, 6.45) is 4.53. The highest BCUT2D eigenvalue weighted by atomic mass is 16.3. The summed E-state index contributed by atoms with van der Waals surface area (Å²) < 4.78 is 0. The lowest BCUT2D eigenvalue weighted by Crippen LogP contribution is -2.37. The van der Waals surface area contributed by atoms with Crippen molar-refractivity contribution in [2.45, 2.75) is 51.7 Å². The zero-order chi connectivity index (χ0) is 8.97. The van der Waals surface area contributed by atoms with Crippen LogP contribution in [0.1, 0.15) is 39.5 Å². The topological polar surface area (TPSA) is 23.5 Å². The average molecular weight is 171 g/mol. The van der Waals surface area contributed by atoms with Gasteiger partial charge < -0.3 is 5.11 Å². The Balaban J connectivity index is 2.42. The Bertz CT molecular complexity index is 127. The van der Waals surface area contributed by atoms with Gasteiger partial charge in [-0.3, -0.25) is 4.90 Å². The molecule has 0 radical (unpaired) electrons. The van der Waals surface area contributed by atoms with E-state index in [1.54, 1.807) is 0 Å². The number of nitrogens with zero attached hydrogens (tertiary/aromatic N) is 1. The van der Waals surface area contributed by atoms with Crippen LogP contribution >= 0.6 is 0 Å². The maximum atomic E-state index is 9.56. The largest absolute Gasteiger partial charge is 0.392 e. The third-order valence-corrected chi connectivity index (χ3v) is 2.74. The highest BCUT2D eigenvalue weighted by molar-refractivity contribution is 4.75. The summed E-state index contributed by atoms with van der Waals surface area (Å²) in [4.78, 5) is 2.41. The molecule has 2 atom stereocenters. The van der Waals surface area contributed by atoms with Crippen molar-refractivity contribution in [1.29, 1.82) is 0 Å². The number of β-amino-alcohol motifs (C(OH)–C–C–N with tert-alkyl or cyclic N) is 1. The van der Waals surface area contributed by atoms with Gasteiger partial charge in [-0.15, -0.1) is 0 Å². The minimum atomic E-state index is -0.0819. The molecule has 12 heavy (non-hydrogen) atoms. The predicted molar refractivity (Wildman–Crippen MR) is 51.2 cm³/mol. The van der Waals surface area contributed by atoms with Crippen molar-refractivity contribution in [3.63, 3.8) is 0 Å². The van der Waals surface area contributed by atoms with Gasteiger partial charge in [0.05, 0.1) is 6.10 Å². The van der Waals surface area contributed by atoms with Gasteiger partial charge in [0, 0.05) is 12.6 Å². The summed E-state index contributed by atoms with van der Waals surface area (Å²) >= 11 is 0. The zero-order valence-electron chi connectivity index (χ0n) is 8.29. The molecule has 1 saturated heterocycles. The lowest BCUT2D eigenvalue weighted by atomic mass is 10.1. The van der Waals surface area contributed by atoms with Gasteiger partial charge in [-0.25, -0.2) is 0 Å². The summed E-state index contributed by atoms with van der Waals surface area (Å²) in [7, 11) is 0. The first-order valence-electron chi connectivity index (χ1n) is 5.16. The van der Waals surface area contributed by atoms with Crippen molar-refractivity contribution in [3.05, 3.63) is 0 Å². The van der Waals surface area contributed by atoms with E-state index in [2.05, 4.69) is 18.7 Å². The molecule has 1 rings (SSSR count). The Morgan fingerprint density at radius 2 is 2.17 bits per heavy atom. The van der Waals surface area contributed by atoms with Crippen LogP contribution in [-0.4, -0.2) is 35.2 Å². The molecule has 0 aliphatic carbocycles. The lowest BCUT2D eigenvalue weighted by molar-refractivity contribution is 0.105. The first-order valence-corrected chi connectivity index (χ1v) is 5.16. The molecule has 0 unspecified atom stereocenters. The normalized spacial score (nSPS) is 33.2. The molecular weight excluding hydrogens is 150 g/mol. The van der Waals surface area contributed by atoms with E-state index >= 15 is 0 Å². The Kier molecular flexibility index (Phi) is 4.02. The highest BCUT2D eigenvalue weighted by Gasteiger charge is 2.20. The van der Waals surface area contributed by atoms with Gasteiger partial charge in [0.1, 0.15) is 0 Å². The Hall–Kier alpha value is -0.0800. The molecule has 1 heterocycles. The molecule has 0 aromatic rings. The van der Waals surface area contributed by atoms with E-state index in [4.69, 9.17) is 0 Å². The van der Waals surface area contributed by atoms with Crippen LogP contribution in [0, 0.1) is 0 Å². The van der Waals surface area contributed by atoms with Gasteiger partial charge in [-0.2, -0.15) is 0 Å². The molecule has 0 amide bonds. The van der Waals surface area contributed by atoms with E-state index in [-0.39, 0.29) is 6.10 Å². The van der Waals surface area contributed by atoms with Crippen molar-refractivity contribution in [2.24, 2.45) is 0 Å². The van der Waals surface area contributed by atoms with Crippen LogP contribution in [0.5, 0.6) is 0 Å². The molecule has 0 aromatic carbocycles. The minimum Gasteiger partial charge on any atom is -0.392 e. The molecule has 0 saturated carbocycles. The Morgan fingerprint density at radius 1 is 1.42 bits per heavy atom. The van der Waals surface area contributed by atoms with E-state index in [9.17, 15) is 5.11 Å². The van der Waals surface area contributed by atoms with Crippen LogP contribution in [0.15, 0.2) is 0 Å². The molecule has 72 valence electrons. The molecule has 1 aliphatic heterocycles. The van der Waals surface area contributed by atoms with Gasteiger partial charge in [0.15, 0.2) is 0 Å². The zero-order valence-corrected chi connectivity index (χ0v) is 8.29. The summed E-state index contributed by atoms with van der Waals surface area (Å²) in [6.45, 7) is 6.49. The Morgan fingerprint density at radius 3 is 2.83 bits per heavy atom. The molecule has 0 spiro atoms. The molecular formula is C10H21NO. The molecule has 2 nitrogen and oxygen atoms in total. The maximum absolute atomic E-state index is 9.56. The fraction of sp³-hybridized carbons (Fsp3) is 1.00. The number of hydrogen-bond donors (Lipinski definition) is 1. The third-order valence-electron chi connectivity index (χ3n) is 2.74. The number of aliphatic hydroxyl groups is 1. The third kappa shape index (κ3) is 2.76. The predicted octanol–water partition coefficient (Wildman–Crippen LogP) is 1.63. The van der Waals surface area contributed by atoms with Crippen molar-refractivity contribution in [3.8, 4) is 0 Å². The number of likely N-dealkylation sites (tertiary alicyclic amines) is 1. The standard InChI is InChI=1S/C10H21NO/c1-3-7-11-8-10(12)6-4-5-9(11)2/h9-10,12H,3-8H2,1-2H3/t9-,10-/m1/s1. The number of aliphatic hydroxyl groups excluding tert-OH is 1. The fourth-order valence-electron chi connectivity index (χ4n) is 1.97. The van der Waals surface area contributed by atoms with E-state index in [0.29, 0.717) is 6.04 Å². The summed E-state index contributed by atoms with van der Waals surface area (Å²) in [5, 5.41) is 9.56. The SMILES string of the molecule is CCCN1C[C@H](O)CCC[C@H]1C. The van der Waals surface area contributed by atoms with E-state index in [1.165, 1.54) is 19.3 Å². The molecule has 1 aliphatic rings. The number of hydrogen-bond acceptors (Lipinski definition) is 2. The quantitative estimate of drug-likeness (QED) is 0.682. The second-order valence-electron chi connectivity index (χ2n) is 3.93. The van der Waals surface area contributed by atoms with Crippen LogP contribution in [0.2, 0.25) is 0 Å². The van der Waals surface area contributed by atoms with Crippen molar-refractivity contribution in [2.75, 3.05) is 13.1 Å². The summed E-state index contributed by atoms with van der Waals surface area (Å²) in [5.41, 5.74) is 0. The molecule has 0 aromatic heterocycles. The highest BCUT2D eigenvalue weighted by Crippen LogP contribution is 2.16. The summed E-state index contributed by atoms with van der Waals surface area (Å²) in [5.74, 6) is 0. The van der Waals surface area contributed by atoms with Gasteiger partial charge in [0.25, 0.3) is 0 Å². The fourth-order valence-corrected chi connectivity index (χ4v) is 1.97. The smallest absolute Gasteiger partial charge is 0.0667 e. The first kappa shape index (κ1) is 10.0. The van der Waals surface area contributed by atoms with Crippen LogP contribution in [0.25, 0.3) is 0 Å². The molecule has 0 bridgehead atoms. The van der Waals surface area contributed by atoms with Crippen LogP contribution in [0.4, 0.5) is 0 Å². The van der Waals surface area contributed by atoms with Crippen LogP contribution in [0.3, 0.4) is 0 Å². The Labute approximate surface area is 75.6 Å². The number of rotatable bonds is 2. The van der Waals surface area contributed by atoms with Crippen molar-refractivity contribution < 1.29 is 5.11 Å². The van der Waals surface area contributed by atoms with E-state index < -0.39 is 0 Å². The van der Waals surface area contributed by atoms with Crippen LogP contribution < -0.4 is 0 Å². The van der Waals surface area contributed by atoms with Gasteiger partial charge in [-0.05, 0) is 39.2 Å². The summed E-state index contributed by atoms with van der Waals surface area (Å²) in [6, 6.07) is 0.669. The molecule has 2 heteroatoms. The van der Waals surface area contributed by atoms with Gasteiger partial charge in [-0.1, -0.05) is 6.92 Å². The van der Waals surface area contributed by atoms with Crippen LogP contribution in [-0.2, 0) is 0 Å². The van der Waals surface area contributed by atoms with Gasteiger partial charge in [0.2, 0.25) is 0 Å². The average Bonchev–Trinajstić information content (AvgIpc) is 2.16. The van der Waals surface area contributed by atoms with Gasteiger partial charge >= 0.3 is 0 Å². The van der Waals surface area contributed by atoms with Crippen molar-refractivity contribution in [1.82, 2.24) is 4.90 Å². The second kappa shape index (κ2) is 4.83. The maximum Gasteiger partial charge on any atom is 0.0667 e. The first-order chi connectivity index (χ1) is 5.74. The minimum absolute atomic E-state index is 0.0819. The van der Waals surface area contributed by atoms with E-state index in [0.717, 1.165) is 19.5 Å². The molecule has 1 N–H and O–H groups in total. The van der Waals surface area contributed by atoms with Crippen molar-refractivity contribution >= 4 is 0 Å². The monoisotopic (exact) mass is 171 g/mol. The van der Waals surface area contributed by atoms with E-state index in [1.807, 2.05) is 0 Å². The lowest BCUT2D eigenvalue weighted by Gasteiger charge is -2.27.